The molecule has 1 unspecified atom stereocenters. The third-order valence-electron chi connectivity index (χ3n) is 3.77. The van der Waals surface area contributed by atoms with Gasteiger partial charge < -0.3 is 11.1 Å². The number of nitrogens with zero attached hydrogens (tertiary/aromatic N) is 3. The van der Waals surface area contributed by atoms with Gasteiger partial charge in [-0.25, -0.2) is 9.97 Å². The number of fused-ring (bicyclic) bond motifs is 1. The molecule has 0 radical (unpaired) electrons. The van der Waals surface area contributed by atoms with Crippen LogP contribution in [0.4, 0.5) is 11.5 Å². The van der Waals surface area contributed by atoms with Gasteiger partial charge in [-0.1, -0.05) is 37.2 Å². The molecule has 7 heteroatoms. The van der Waals surface area contributed by atoms with E-state index in [0.29, 0.717) is 16.1 Å². The van der Waals surface area contributed by atoms with Crippen molar-refractivity contribution in [3.8, 4) is 0 Å². The minimum absolute atomic E-state index is 0.111. The van der Waals surface area contributed by atoms with E-state index in [1.165, 1.54) is 23.4 Å². The van der Waals surface area contributed by atoms with Gasteiger partial charge in [-0.05, 0) is 18.6 Å². The van der Waals surface area contributed by atoms with Crippen LogP contribution in [0.3, 0.4) is 0 Å². The first-order valence-electron chi connectivity index (χ1n) is 7.06. The fourth-order valence-corrected chi connectivity index (χ4v) is 3.61. The van der Waals surface area contributed by atoms with Crippen molar-refractivity contribution in [3.63, 3.8) is 0 Å². The molecule has 0 aromatic carbocycles. The number of anilines is 2. The quantitative estimate of drug-likeness (QED) is 0.506. The van der Waals surface area contributed by atoms with Gasteiger partial charge in [-0.2, -0.15) is 0 Å². The summed E-state index contributed by atoms with van der Waals surface area (Å²) >= 11 is 7.43. The summed E-state index contributed by atoms with van der Waals surface area (Å²) in [7, 11) is 0. The van der Waals surface area contributed by atoms with Gasteiger partial charge in [0.2, 0.25) is 0 Å². The summed E-state index contributed by atoms with van der Waals surface area (Å²) in [5.74, 6) is 0.377. The SMILES string of the molecule is CC(Sc1nc(N)cc(Cl)n1)c1cc2c(cn1)NCC2(C)C. The Hall–Kier alpha value is -1.53. The molecule has 3 rings (SSSR count). The molecule has 116 valence electrons. The van der Waals surface area contributed by atoms with Crippen molar-refractivity contribution in [3.05, 3.63) is 34.7 Å². The molecule has 22 heavy (non-hydrogen) atoms. The lowest BCUT2D eigenvalue weighted by Crippen LogP contribution is -2.19. The first-order chi connectivity index (χ1) is 10.3. The van der Waals surface area contributed by atoms with Gasteiger partial charge in [0.1, 0.15) is 11.0 Å². The minimum Gasteiger partial charge on any atom is -0.384 e. The maximum absolute atomic E-state index is 5.93. The average molecular weight is 336 g/mol. The molecule has 5 nitrogen and oxygen atoms in total. The molecule has 0 amide bonds. The Labute approximate surface area is 139 Å². The third-order valence-corrected chi connectivity index (χ3v) is 4.95. The molecule has 1 aliphatic rings. The second-order valence-corrected chi connectivity index (χ2v) is 7.75. The van der Waals surface area contributed by atoms with Crippen LogP contribution in [-0.4, -0.2) is 21.5 Å². The number of aromatic nitrogens is 3. The number of nitrogens with one attached hydrogen (secondary N) is 1. The highest BCUT2D eigenvalue weighted by Gasteiger charge is 2.30. The highest BCUT2D eigenvalue weighted by molar-refractivity contribution is 7.99. The molecule has 0 fully saturated rings. The fourth-order valence-electron chi connectivity index (χ4n) is 2.49. The van der Waals surface area contributed by atoms with Crippen molar-refractivity contribution in [2.45, 2.75) is 36.6 Å². The zero-order chi connectivity index (χ0) is 15.9. The number of nitrogen functional groups attached to an aromatic ring is 1. The van der Waals surface area contributed by atoms with E-state index < -0.39 is 0 Å². The predicted octanol–water partition coefficient (Wildman–Crippen LogP) is 3.66. The summed E-state index contributed by atoms with van der Waals surface area (Å²) in [4.78, 5) is 13.0. The van der Waals surface area contributed by atoms with Gasteiger partial charge in [0.05, 0.1) is 22.8 Å². The van der Waals surface area contributed by atoms with Crippen molar-refractivity contribution < 1.29 is 0 Å². The van der Waals surface area contributed by atoms with Crippen LogP contribution in [0, 0.1) is 0 Å². The van der Waals surface area contributed by atoms with E-state index in [4.69, 9.17) is 17.3 Å². The Morgan fingerprint density at radius 3 is 2.86 bits per heavy atom. The molecule has 1 aliphatic heterocycles. The van der Waals surface area contributed by atoms with Crippen molar-refractivity contribution in [2.75, 3.05) is 17.6 Å². The Kier molecular flexibility index (Phi) is 3.91. The van der Waals surface area contributed by atoms with Crippen LogP contribution in [0.15, 0.2) is 23.5 Å². The van der Waals surface area contributed by atoms with Gasteiger partial charge in [0.25, 0.3) is 0 Å². The molecule has 2 aromatic heterocycles. The molecule has 0 saturated heterocycles. The van der Waals surface area contributed by atoms with Crippen molar-refractivity contribution in [1.29, 1.82) is 0 Å². The van der Waals surface area contributed by atoms with E-state index in [2.05, 4.69) is 47.1 Å². The van der Waals surface area contributed by atoms with Crippen LogP contribution < -0.4 is 11.1 Å². The number of thioether (sulfide) groups is 1. The number of pyridine rings is 1. The number of hydrogen-bond donors (Lipinski definition) is 2. The van der Waals surface area contributed by atoms with E-state index in [-0.39, 0.29) is 10.7 Å². The summed E-state index contributed by atoms with van der Waals surface area (Å²) in [5.41, 5.74) is 9.25. The lowest BCUT2D eigenvalue weighted by molar-refractivity contribution is 0.585. The number of halogens is 1. The van der Waals surface area contributed by atoms with Gasteiger partial charge in [-0.15, -0.1) is 0 Å². The lowest BCUT2D eigenvalue weighted by Gasteiger charge is -2.18. The molecule has 3 heterocycles. The second-order valence-electron chi connectivity index (χ2n) is 6.05. The molecule has 3 N–H and O–H groups in total. The fraction of sp³-hybridized carbons (Fsp3) is 0.400. The van der Waals surface area contributed by atoms with Gasteiger partial charge in [0.15, 0.2) is 5.16 Å². The van der Waals surface area contributed by atoms with E-state index in [0.717, 1.165) is 17.9 Å². The number of rotatable bonds is 3. The average Bonchev–Trinajstić information content (AvgIpc) is 2.73. The molecule has 1 atom stereocenters. The summed E-state index contributed by atoms with van der Waals surface area (Å²) in [6.45, 7) is 7.47. The Balaban J connectivity index is 1.85. The van der Waals surface area contributed by atoms with Crippen LogP contribution in [0.1, 0.15) is 37.3 Å². The second kappa shape index (κ2) is 5.59. The van der Waals surface area contributed by atoms with Crippen molar-refractivity contribution in [2.24, 2.45) is 0 Å². The Morgan fingerprint density at radius 2 is 2.14 bits per heavy atom. The van der Waals surface area contributed by atoms with Gasteiger partial charge in [0, 0.05) is 18.0 Å². The topological polar surface area (TPSA) is 76.7 Å². The lowest BCUT2D eigenvalue weighted by atomic mass is 9.87. The number of nitrogens with two attached hydrogens (primary N) is 1. The van der Waals surface area contributed by atoms with Crippen molar-refractivity contribution >= 4 is 34.9 Å². The molecular formula is C15H18ClN5S. The van der Waals surface area contributed by atoms with Crippen molar-refractivity contribution in [1.82, 2.24) is 15.0 Å². The minimum atomic E-state index is 0.111. The smallest absolute Gasteiger partial charge is 0.191 e. The third kappa shape index (κ3) is 2.98. The monoisotopic (exact) mass is 335 g/mol. The molecule has 0 spiro atoms. The van der Waals surface area contributed by atoms with Gasteiger partial charge >= 0.3 is 0 Å². The zero-order valence-corrected chi connectivity index (χ0v) is 14.3. The summed E-state index contributed by atoms with van der Waals surface area (Å²) in [6.07, 6.45) is 1.91. The molecule has 2 aromatic rings. The Morgan fingerprint density at radius 1 is 1.36 bits per heavy atom. The van der Waals surface area contributed by atoms with Crippen LogP contribution in [0.25, 0.3) is 0 Å². The highest BCUT2D eigenvalue weighted by Crippen LogP contribution is 2.39. The largest absolute Gasteiger partial charge is 0.384 e. The highest BCUT2D eigenvalue weighted by atomic mass is 35.5. The predicted molar refractivity (Wildman–Crippen MR) is 91.5 cm³/mol. The van der Waals surface area contributed by atoms with Crippen LogP contribution in [0.5, 0.6) is 0 Å². The summed E-state index contributed by atoms with van der Waals surface area (Å²) in [6, 6.07) is 3.71. The molecule has 0 aliphatic carbocycles. The van der Waals surface area contributed by atoms with Crippen LogP contribution in [-0.2, 0) is 5.41 Å². The standard InChI is InChI=1S/C15H18ClN5S/c1-8(22-14-20-12(16)5-13(17)21-14)10-4-9-11(6-18-10)19-7-15(9,2)3/h4-6,8,19H,7H2,1-3H3,(H2,17,20,21). The first kappa shape index (κ1) is 15.4. The maximum Gasteiger partial charge on any atom is 0.191 e. The van der Waals surface area contributed by atoms with Gasteiger partial charge in [-0.3, -0.25) is 4.98 Å². The number of hydrogen-bond acceptors (Lipinski definition) is 6. The van der Waals surface area contributed by atoms with Crippen LogP contribution in [0.2, 0.25) is 5.15 Å². The molecule has 0 bridgehead atoms. The molecular weight excluding hydrogens is 318 g/mol. The van der Waals surface area contributed by atoms with E-state index in [1.807, 2.05) is 6.20 Å². The summed E-state index contributed by atoms with van der Waals surface area (Å²) < 4.78 is 0. The maximum atomic E-state index is 5.93. The zero-order valence-electron chi connectivity index (χ0n) is 12.7. The van der Waals surface area contributed by atoms with Crippen LogP contribution >= 0.6 is 23.4 Å². The van der Waals surface area contributed by atoms with E-state index in [9.17, 15) is 0 Å². The molecule has 0 saturated carbocycles. The first-order valence-corrected chi connectivity index (χ1v) is 8.32. The summed E-state index contributed by atoms with van der Waals surface area (Å²) in [5, 5.41) is 4.43. The van der Waals surface area contributed by atoms with E-state index >= 15 is 0 Å². The normalized spacial score (nSPS) is 16.9. The van der Waals surface area contributed by atoms with E-state index in [1.54, 1.807) is 0 Å². The Bertz CT molecular complexity index is 699.